The molecule has 1 aliphatic heterocycles. The molecule has 176 valence electrons. The number of nitrogens with zero attached hydrogens (tertiary/aromatic N) is 2. The van der Waals surface area contributed by atoms with Crippen molar-refractivity contribution in [2.75, 3.05) is 40.5 Å². The van der Waals surface area contributed by atoms with Gasteiger partial charge in [-0.2, -0.15) is 4.31 Å². The first-order chi connectivity index (χ1) is 15.2. The Kier molecular flexibility index (Phi) is 7.83. The third-order valence-electron chi connectivity index (χ3n) is 5.87. The molecule has 0 spiro atoms. The highest BCUT2D eigenvalue weighted by Crippen LogP contribution is 2.35. The summed E-state index contributed by atoms with van der Waals surface area (Å²) in [5, 5.41) is 9.71. The molecule has 32 heavy (non-hydrogen) atoms. The number of fused-ring (bicyclic) bond motifs is 1. The van der Waals surface area contributed by atoms with E-state index in [4.69, 9.17) is 9.47 Å². The molecule has 3 atom stereocenters. The molecule has 0 aromatic heterocycles. The first-order valence-electron chi connectivity index (χ1n) is 10.8. The average molecular weight is 465 g/mol. The molecule has 1 aliphatic carbocycles. The van der Waals surface area contributed by atoms with Gasteiger partial charge in [-0.1, -0.05) is 18.8 Å². The molecule has 9 heteroatoms. The Labute approximate surface area is 190 Å². The SMILES string of the molecule is COCC#Cc1ccc2c(c1)O[C@H](CN(C)C(=O)C1CC1)[C@@H](C)CN([C@@H](C)CO)S2(=O)=O. The number of aliphatic hydroxyl groups is 1. The lowest BCUT2D eigenvalue weighted by molar-refractivity contribution is -0.132. The third-order valence-corrected chi connectivity index (χ3v) is 7.89. The number of hydrogen-bond donors (Lipinski definition) is 1. The van der Waals surface area contributed by atoms with E-state index in [2.05, 4.69) is 11.8 Å². The van der Waals surface area contributed by atoms with Crippen molar-refractivity contribution in [2.45, 2.75) is 43.7 Å². The highest BCUT2D eigenvalue weighted by molar-refractivity contribution is 7.89. The Balaban J connectivity index is 2.01. The molecule has 0 unspecified atom stereocenters. The van der Waals surface area contributed by atoms with E-state index in [0.717, 1.165) is 12.8 Å². The van der Waals surface area contributed by atoms with Crippen LogP contribution in [0.15, 0.2) is 23.1 Å². The van der Waals surface area contributed by atoms with Crippen LogP contribution in [0.25, 0.3) is 0 Å². The van der Waals surface area contributed by atoms with Gasteiger partial charge in [0.25, 0.3) is 0 Å². The summed E-state index contributed by atoms with van der Waals surface area (Å²) < 4.78 is 39.4. The summed E-state index contributed by atoms with van der Waals surface area (Å²) in [5.41, 5.74) is 0.604. The minimum Gasteiger partial charge on any atom is -0.487 e. The van der Waals surface area contributed by atoms with Gasteiger partial charge >= 0.3 is 0 Å². The molecular weight excluding hydrogens is 432 g/mol. The van der Waals surface area contributed by atoms with Gasteiger partial charge in [0, 0.05) is 44.1 Å². The molecule has 0 radical (unpaired) electrons. The molecule has 8 nitrogen and oxygen atoms in total. The van der Waals surface area contributed by atoms with E-state index >= 15 is 0 Å². The zero-order valence-corrected chi connectivity index (χ0v) is 19.9. The van der Waals surface area contributed by atoms with Crippen LogP contribution in [-0.2, 0) is 19.6 Å². The lowest BCUT2D eigenvalue weighted by Crippen LogP contribution is -2.50. The van der Waals surface area contributed by atoms with Crippen molar-refractivity contribution in [3.63, 3.8) is 0 Å². The van der Waals surface area contributed by atoms with Gasteiger partial charge in [-0.05, 0) is 38.0 Å². The maximum Gasteiger partial charge on any atom is 0.247 e. The summed E-state index contributed by atoms with van der Waals surface area (Å²) in [4.78, 5) is 14.2. The number of likely N-dealkylation sites (N-methyl/N-ethyl adjacent to an activating group) is 1. The lowest BCUT2D eigenvalue weighted by atomic mass is 10.0. The van der Waals surface area contributed by atoms with E-state index in [1.807, 2.05) is 6.92 Å². The molecule has 0 saturated heterocycles. The van der Waals surface area contributed by atoms with Gasteiger partial charge in [0.2, 0.25) is 15.9 Å². The van der Waals surface area contributed by atoms with Crippen LogP contribution in [0, 0.1) is 23.7 Å². The fraction of sp³-hybridized carbons (Fsp3) is 0.609. The number of methoxy groups -OCH3 is 1. The van der Waals surface area contributed by atoms with Crippen LogP contribution in [0.4, 0.5) is 0 Å². The molecule has 2 aliphatic rings. The van der Waals surface area contributed by atoms with E-state index < -0.39 is 22.2 Å². The van der Waals surface area contributed by atoms with E-state index in [0.29, 0.717) is 12.1 Å². The zero-order chi connectivity index (χ0) is 23.5. The monoisotopic (exact) mass is 464 g/mol. The van der Waals surface area contributed by atoms with Crippen LogP contribution in [-0.4, -0.2) is 81.2 Å². The van der Waals surface area contributed by atoms with Crippen LogP contribution < -0.4 is 4.74 Å². The second-order valence-electron chi connectivity index (χ2n) is 8.63. The Bertz CT molecular complexity index is 995. The number of ether oxygens (including phenoxy) is 2. The maximum absolute atomic E-state index is 13.4. The summed E-state index contributed by atoms with van der Waals surface area (Å²) in [7, 11) is -0.599. The second kappa shape index (κ2) is 10.2. The van der Waals surface area contributed by atoms with Crippen molar-refractivity contribution in [3.05, 3.63) is 23.8 Å². The van der Waals surface area contributed by atoms with Crippen LogP contribution in [0.2, 0.25) is 0 Å². The van der Waals surface area contributed by atoms with Crippen LogP contribution in [0.3, 0.4) is 0 Å². The first kappa shape index (κ1) is 24.5. The topological polar surface area (TPSA) is 96.4 Å². The predicted molar refractivity (Wildman–Crippen MR) is 120 cm³/mol. The van der Waals surface area contributed by atoms with E-state index in [1.165, 1.54) is 10.4 Å². The van der Waals surface area contributed by atoms with Gasteiger partial charge in [0.05, 0.1) is 13.2 Å². The number of carbonyl (C=O) groups excluding carboxylic acids is 1. The maximum atomic E-state index is 13.4. The molecule has 1 N–H and O–H groups in total. The number of benzene rings is 1. The van der Waals surface area contributed by atoms with Crippen molar-refractivity contribution in [2.24, 2.45) is 11.8 Å². The summed E-state index contributed by atoms with van der Waals surface area (Å²) >= 11 is 0. The molecule has 1 aromatic rings. The molecule has 0 bridgehead atoms. The highest BCUT2D eigenvalue weighted by atomic mass is 32.2. The quantitative estimate of drug-likeness (QED) is 0.638. The van der Waals surface area contributed by atoms with Crippen molar-refractivity contribution < 1.29 is 27.8 Å². The molecule has 1 aromatic carbocycles. The summed E-state index contributed by atoms with van der Waals surface area (Å²) in [6.45, 7) is 4.06. The average Bonchev–Trinajstić information content (AvgIpc) is 3.60. The van der Waals surface area contributed by atoms with Gasteiger partial charge in [0.1, 0.15) is 23.4 Å². The predicted octanol–water partition coefficient (Wildman–Crippen LogP) is 1.32. The van der Waals surface area contributed by atoms with Crippen molar-refractivity contribution in [3.8, 4) is 17.6 Å². The van der Waals surface area contributed by atoms with Gasteiger partial charge in [-0.15, -0.1) is 0 Å². The fourth-order valence-electron chi connectivity index (χ4n) is 3.73. The minimum atomic E-state index is -3.91. The summed E-state index contributed by atoms with van der Waals surface area (Å²) in [6.07, 6.45) is 1.40. The smallest absolute Gasteiger partial charge is 0.247 e. The molecule has 1 amide bonds. The number of sulfonamides is 1. The van der Waals surface area contributed by atoms with Crippen LogP contribution in [0.5, 0.6) is 5.75 Å². The van der Waals surface area contributed by atoms with E-state index in [9.17, 15) is 18.3 Å². The molecule has 3 rings (SSSR count). The van der Waals surface area contributed by atoms with Crippen molar-refractivity contribution in [1.29, 1.82) is 0 Å². The fourth-order valence-corrected chi connectivity index (χ4v) is 5.56. The third kappa shape index (κ3) is 5.44. The Morgan fingerprint density at radius 1 is 1.41 bits per heavy atom. The molecular formula is C23H32N2O6S. The Hall–Kier alpha value is -2.12. The van der Waals surface area contributed by atoms with Gasteiger partial charge in [-0.25, -0.2) is 8.42 Å². The van der Waals surface area contributed by atoms with E-state index in [1.54, 1.807) is 38.1 Å². The number of rotatable bonds is 6. The zero-order valence-electron chi connectivity index (χ0n) is 19.1. The lowest BCUT2D eigenvalue weighted by Gasteiger charge is -2.37. The standard InChI is InChI=1S/C23H32N2O6S/c1-16-13-25(17(2)15-26)32(28,29)22-10-7-18(6-5-11-30-4)12-20(22)31-21(16)14-24(3)23(27)19-8-9-19/h7,10,12,16-17,19,21,26H,8-9,11,13-15H2,1-4H3/t16-,17-,21+/m0/s1. The number of hydrogen-bond acceptors (Lipinski definition) is 6. The van der Waals surface area contributed by atoms with Crippen molar-refractivity contribution >= 4 is 15.9 Å². The molecule has 1 heterocycles. The number of carbonyl (C=O) groups is 1. The Morgan fingerprint density at radius 2 is 2.12 bits per heavy atom. The van der Waals surface area contributed by atoms with Gasteiger partial charge in [0.15, 0.2) is 0 Å². The van der Waals surface area contributed by atoms with Gasteiger partial charge in [-0.3, -0.25) is 4.79 Å². The van der Waals surface area contributed by atoms with Gasteiger partial charge < -0.3 is 19.5 Å². The Morgan fingerprint density at radius 3 is 2.75 bits per heavy atom. The highest BCUT2D eigenvalue weighted by Gasteiger charge is 2.39. The number of amides is 1. The molecule has 1 saturated carbocycles. The minimum absolute atomic E-state index is 0.0307. The normalized spacial score (nSPS) is 23.5. The summed E-state index contributed by atoms with van der Waals surface area (Å²) in [6, 6.07) is 4.14. The second-order valence-corrected chi connectivity index (χ2v) is 10.5. The largest absolute Gasteiger partial charge is 0.487 e. The summed E-state index contributed by atoms with van der Waals surface area (Å²) in [5.74, 6) is 5.97. The first-order valence-corrected chi connectivity index (χ1v) is 12.3. The van der Waals surface area contributed by atoms with E-state index in [-0.39, 0.29) is 48.1 Å². The van der Waals surface area contributed by atoms with Crippen LogP contribution >= 0.6 is 0 Å². The molecule has 1 fully saturated rings. The number of aliphatic hydroxyl groups excluding tert-OH is 1. The van der Waals surface area contributed by atoms with Crippen LogP contribution in [0.1, 0.15) is 32.3 Å². The van der Waals surface area contributed by atoms with Crippen molar-refractivity contribution in [1.82, 2.24) is 9.21 Å².